The normalized spacial score (nSPS) is 8.67. The predicted octanol–water partition coefficient (Wildman–Crippen LogP) is -2.01. The van der Waals surface area contributed by atoms with Crippen molar-refractivity contribution in [3.8, 4) is 0 Å². The van der Waals surface area contributed by atoms with Crippen LogP contribution in [0.25, 0.3) is 0 Å². The van der Waals surface area contributed by atoms with Crippen LogP contribution in [0.4, 0.5) is 0 Å². The van der Waals surface area contributed by atoms with Gasteiger partial charge < -0.3 is 4.57 Å². The van der Waals surface area contributed by atoms with Crippen molar-refractivity contribution in [3.63, 3.8) is 0 Å². The average Bonchev–Trinajstić information content (AvgIpc) is 2.14. The van der Waals surface area contributed by atoms with Gasteiger partial charge in [-0.05, 0) is 0 Å². The Morgan fingerprint density at radius 1 is 1.67 bits per heavy atom. The number of imidazole rings is 1. The maximum Gasteiger partial charge on any atom is 1.00 e. The molecule has 0 spiro atoms. The minimum absolute atomic E-state index is 0. The third-order valence-electron chi connectivity index (χ3n) is 1.24. The van der Waals surface area contributed by atoms with E-state index in [4.69, 9.17) is 0 Å². The summed E-state index contributed by atoms with van der Waals surface area (Å²) in [5.74, 6) is 1.14. The topological polar surface area (TPSA) is 17.8 Å². The zero-order valence-corrected chi connectivity index (χ0v) is 6.26. The summed E-state index contributed by atoms with van der Waals surface area (Å²) in [6.07, 6.45) is 4.79. The van der Waals surface area contributed by atoms with E-state index in [1.54, 1.807) is 0 Å². The Kier molecular flexibility index (Phi) is 3.68. The van der Waals surface area contributed by atoms with Gasteiger partial charge in [0.05, 0.1) is 0 Å². The van der Waals surface area contributed by atoms with E-state index in [1.165, 1.54) is 0 Å². The molecule has 0 bridgehead atoms. The first-order chi connectivity index (χ1) is 3.84. The Morgan fingerprint density at radius 2 is 2.33 bits per heavy atom. The summed E-state index contributed by atoms with van der Waals surface area (Å²) >= 11 is 0. The molecule has 1 heterocycles. The van der Waals surface area contributed by atoms with Crippen LogP contribution in [0, 0.1) is 0 Å². The molecule has 44 valence electrons. The average molecular weight is 117 g/mol. The Morgan fingerprint density at radius 3 is 2.56 bits per heavy atom. The number of hydrogen-bond donors (Lipinski definition) is 0. The van der Waals surface area contributed by atoms with Crippen LogP contribution in [0.15, 0.2) is 12.4 Å². The van der Waals surface area contributed by atoms with Crippen molar-refractivity contribution < 1.29 is 18.9 Å². The van der Waals surface area contributed by atoms with Gasteiger partial charge in [-0.3, -0.25) is 0 Å². The molecule has 0 radical (unpaired) electrons. The molecule has 1 rings (SSSR count). The van der Waals surface area contributed by atoms with Crippen molar-refractivity contribution in [1.29, 1.82) is 0 Å². The molecule has 2 nitrogen and oxygen atoms in total. The quantitative estimate of drug-likeness (QED) is 0.388. The SMILES string of the molecule is CCc1nccn1C.[Li+]. The van der Waals surface area contributed by atoms with Gasteiger partial charge in [-0.1, -0.05) is 6.92 Å². The second kappa shape index (κ2) is 3.76. The summed E-state index contributed by atoms with van der Waals surface area (Å²) in [5.41, 5.74) is 0. The fourth-order valence-corrected chi connectivity index (χ4v) is 0.737. The zero-order chi connectivity index (χ0) is 5.98. The first kappa shape index (κ1) is 8.81. The van der Waals surface area contributed by atoms with Gasteiger partial charge in [0.15, 0.2) is 0 Å². The number of rotatable bonds is 1. The molecule has 0 N–H and O–H groups in total. The van der Waals surface area contributed by atoms with Gasteiger partial charge >= 0.3 is 18.9 Å². The van der Waals surface area contributed by atoms with Gasteiger partial charge in [-0.25, -0.2) is 4.98 Å². The predicted molar refractivity (Wildman–Crippen MR) is 32.6 cm³/mol. The largest absolute Gasteiger partial charge is 1.00 e. The van der Waals surface area contributed by atoms with Crippen molar-refractivity contribution in [2.75, 3.05) is 0 Å². The van der Waals surface area contributed by atoms with Crippen LogP contribution in [0.2, 0.25) is 0 Å². The minimum Gasteiger partial charge on any atom is -0.338 e. The summed E-state index contributed by atoms with van der Waals surface area (Å²) in [5, 5.41) is 0. The maximum absolute atomic E-state index is 4.10. The Labute approximate surface area is 67.5 Å². The third kappa shape index (κ3) is 1.89. The van der Waals surface area contributed by atoms with Crippen LogP contribution >= 0.6 is 0 Å². The van der Waals surface area contributed by atoms with E-state index < -0.39 is 0 Å². The molecule has 0 atom stereocenters. The van der Waals surface area contributed by atoms with Crippen LogP contribution in [-0.4, -0.2) is 9.55 Å². The monoisotopic (exact) mass is 117 g/mol. The van der Waals surface area contributed by atoms with Crippen molar-refractivity contribution in [1.82, 2.24) is 9.55 Å². The molecule has 0 saturated heterocycles. The van der Waals surface area contributed by atoms with E-state index >= 15 is 0 Å². The second-order valence-electron chi connectivity index (χ2n) is 1.81. The molecular formula is C6H10LiN2+. The van der Waals surface area contributed by atoms with Crippen molar-refractivity contribution in [2.24, 2.45) is 7.05 Å². The van der Waals surface area contributed by atoms with Gasteiger partial charge in [0.25, 0.3) is 0 Å². The first-order valence-corrected chi connectivity index (χ1v) is 2.80. The van der Waals surface area contributed by atoms with Crippen molar-refractivity contribution in [2.45, 2.75) is 13.3 Å². The molecule has 1 aromatic rings. The van der Waals surface area contributed by atoms with Crippen LogP contribution < -0.4 is 18.9 Å². The second-order valence-corrected chi connectivity index (χ2v) is 1.81. The summed E-state index contributed by atoms with van der Waals surface area (Å²) < 4.78 is 2.03. The summed E-state index contributed by atoms with van der Waals surface area (Å²) in [6.45, 7) is 2.10. The van der Waals surface area contributed by atoms with E-state index in [0.29, 0.717) is 0 Å². The van der Waals surface area contributed by atoms with Gasteiger partial charge in [-0.2, -0.15) is 0 Å². The molecular weight excluding hydrogens is 107 g/mol. The third-order valence-corrected chi connectivity index (χ3v) is 1.24. The standard InChI is InChI=1S/C6H10N2.Li/c1-3-6-7-4-5-8(6)2;/h4-5H,3H2,1-2H3;/q;+1. The van der Waals surface area contributed by atoms with Crippen molar-refractivity contribution in [3.05, 3.63) is 18.2 Å². The summed E-state index contributed by atoms with van der Waals surface area (Å²) in [6, 6.07) is 0. The maximum atomic E-state index is 4.10. The van der Waals surface area contributed by atoms with Crippen LogP contribution in [0.1, 0.15) is 12.7 Å². The van der Waals surface area contributed by atoms with Crippen molar-refractivity contribution >= 4 is 0 Å². The van der Waals surface area contributed by atoms with Gasteiger partial charge in [-0.15, -0.1) is 0 Å². The molecule has 3 heteroatoms. The number of aryl methyl sites for hydroxylation is 2. The summed E-state index contributed by atoms with van der Waals surface area (Å²) in [7, 11) is 2.01. The van der Waals surface area contributed by atoms with Gasteiger partial charge in [0.2, 0.25) is 0 Å². The molecule has 0 aliphatic heterocycles. The van der Waals surface area contributed by atoms with E-state index in [0.717, 1.165) is 12.2 Å². The molecule has 1 aromatic heterocycles. The van der Waals surface area contributed by atoms with Gasteiger partial charge in [0.1, 0.15) is 5.82 Å². The van der Waals surface area contributed by atoms with E-state index in [1.807, 2.05) is 24.0 Å². The minimum atomic E-state index is 0. The fraction of sp³-hybridized carbons (Fsp3) is 0.500. The van der Waals surface area contributed by atoms with Crippen LogP contribution in [0.3, 0.4) is 0 Å². The molecule has 0 aromatic carbocycles. The zero-order valence-electron chi connectivity index (χ0n) is 6.26. The Balaban J connectivity index is 0.000000640. The van der Waals surface area contributed by atoms with E-state index in [-0.39, 0.29) is 18.9 Å². The smallest absolute Gasteiger partial charge is 0.338 e. The molecule has 0 aliphatic rings. The number of hydrogen-bond acceptors (Lipinski definition) is 1. The molecule has 9 heavy (non-hydrogen) atoms. The molecule has 0 aliphatic carbocycles. The molecule has 0 unspecified atom stereocenters. The number of nitrogens with zero attached hydrogens (tertiary/aromatic N) is 2. The number of aromatic nitrogens is 2. The Bertz CT molecular complexity index is 171. The first-order valence-electron chi connectivity index (χ1n) is 2.80. The van der Waals surface area contributed by atoms with Crippen LogP contribution in [-0.2, 0) is 13.5 Å². The van der Waals surface area contributed by atoms with Crippen LogP contribution in [0.5, 0.6) is 0 Å². The fourth-order valence-electron chi connectivity index (χ4n) is 0.737. The van der Waals surface area contributed by atoms with Gasteiger partial charge in [0, 0.05) is 25.9 Å². The van der Waals surface area contributed by atoms with E-state index in [2.05, 4.69) is 11.9 Å². The Hall–Kier alpha value is -0.193. The summed E-state index contributed by atoms with van der Waals surface area (Å²) in [4.78, 5) is 4.10. The van der Waals surface area contributed by atoms with E-state index in [9.17, 15) is 0 Å². The molecule has 0 amide bonds. The molecule has 0 fully saturated rings. The molecule has 0 saturated carbocycles.